The maximum atomic E-state index is 12.4. The zero-order valence-corrected chi connectivity index (χ0v) is 15.7. The zero-order valence-electron chi connectivity index (χ0n) is 13.3. The molecule has 8 nitrogen and oxygen atoms in total. The lowest BCUT2D eigenvalue weighted by Gasteiger charge is -2.08. The van der Waals surface area contributed by atoms with Crippen LogP contribution in [0, 0.1) is 11.3 Å². The number of amides is 1. The fourth-order valence-corrected chi connectivity index (χ4v) is 4.99. The van der Waals surface area contributed by atoms with Gasteiger partial charge in [-0.25, -0.2) is 21.6 Å². The van der Waals surface area contributed by atoms with Crippen LogP contribution in [0.4, 0.5) is 0 Å². The van der Waals surface area contributed by atoms with E-state index in [9.17, 15) is 26.9 Å². The Morgan fingerprint density at radius 3 is 2.52 bits per heavy atom. The first-order valence-electron chi connectivity index (χ1n) is 7.25. The highest BCUT2D eigenvalue weighted by molar-refractivity contribution is 7.90. The standard InChI is InChI=1S/C16H10ClN3O5S2/c17-10-4-3-5-11(8-10)26(22,23)20-16(21)13(9-18)15-12-6-1-2-7-14(12)27(24,25)19-15/h1-8,19H,(H,20,21). The Kier molecular flexibility index (Phi) is 4.69. The molecular weight excluding hydrogens is 414 g/mol. The van der Waals surface area contributed by atoms with E-state index in [-0.39, 0.29) is 26.1 Å². The molecular formula is C16H10ClN3O5S2. The van der Waals surface area contributed by atoms with Gasteiger partial charge in [0.25, 0.3) is 26.0 Å². The van der Waals surface area contributed by atoms with Gasteiger partial charge in [0.15, 0.2) is 0 Å². The fraction of sp³-hybridized carbons (Fsp3) is 0. The third-order valence-corrected chi connectivity index (χ3v) is 6.58. The molecule has 0 aromatic heterocycles. The third-order valence-electron chi connectivity index (χ3n) is 3.60. The maximum Gasteiger partial charge on any atom is 0.277 e. The van der Waals surface area contributed by atoms with E-state index < -0.39 is 31.5 Å². The van der Waals surface area contributed by atoms with Gasteiger partial charge < -0.3 is 0 Å². The van der Waals surface area contributed by atoms with Gasteiger partial charge in [-0.05, 0) is 24.3 Å². The Hall–Kier alpha value is -2.87. The molecule has 0 saturated carbocycles. The summed E-state index contributed by atoms with van der Waals surface area (Å²) in [5.74, 6) is -1.27. The molecule has 0 aliphatic carbocycles. The van der Waals surface area contributed by atoms with Gasteiger partial charge in [-0.1, -0.05) is 35.9 Å². The van der Waals surface area contributed by atoms with E-state index in [1.54, 1.807) is 10.8 Å². The number of hydrogen-bond acceptors (Lipinski definition) is 6. The summed E-state index contributed by atoms with van der Waals surface area (Å²) in [5, 5.41) is 9.49. The predicted molar refractivity (Wildman–Crippen MR) is 96.1 cm³/mol. The summed E-state index contributed by atoms with van der Waals surface area (Å²) in [6, 6.07) is 12.5. The lowest BCUT2D eigenvalue weighted by molar-refractivity contribution is -0.115. The van der Waals surface area contributed by atoms with Gasteiger partial charge >= 0.3 is 0 Å². The normalized spacial score (nSPS) is 16.6. The average Bonchev–Trinajstić information content (AvgIpc) is 2.87. The zero-order chi connectivity index (χ0) is 19.8. The minimum atomic E-state index is -4.32. The van der Waals surface area contributed by atoms with E-state index in [0.29, 0.717) is 0 Å². The highest BCUT2D eigenvalue weighted by atomic mass is 35.5. The number of nitrogens with zero attached hydrogens (tertiary/aromatic N) is 1. The molecule has 0 saturated heterocycles. The molecule has 1 amide bonds. The maximum absolute atomic E-state index is 12.4. The third kappa shape index (κ3) is 3.52. The van der Waals surface area contributed by atoms with E-state index in [4.69, 9.17) is 11.6 Å². The number of carbonyl (C=O) groups excluding carboxylic acids is 1. The van der Waals surface area contributed by atoms with Crippen molar-refractivity contribution in [1.82, 2.24) is 9.44 Å². The lowest BCUT2D eigenvalue weighted by Crippen LogP contribution is -2.32. The Labute approximate surface area is 160 Å². The molecule has 1 heterocycles. The smallest absolute Gasteiger partial charge is 0.277 e. The number of hydrogen-bond donors (Lipinski definition) is 2. The van der Waals surface area contributed by atoms with Gasteiger partial charge in [0.05, 0.1) is 15.5 Å². The first-order chi connectivity index (χ1) is 12.7. The molecule has 0 atom stereocenters. The molecule has 138 valence electrons. The van der Waals surface area contributed by atoms with Gasteiger partial charge in [-0.3, -0.25) is 9.52 Å². The summed E-state index contributed by atoms with van der Waals surface area (Å²) < 4.78 is 52.8. The second kappa shape index (κ2) is 6.70. The van der Waals surface area contributed by atoms with Crippen molar-refractivity contribution in [2.75, 3.05) is 0 Å². The van der Waals surface area contributed by atoms with Crippen molar-refractivity contribution in [3.63, 3.8) is 0 Å². The van der Waals surface area contributed by atoms with Crippen molar-refractivity contribution in [2.24, 2.45) is 0 Å². The SMILES string of the molecule is N#CC(C(=O)NS(=O)(=O)c1cccc(Cl)c1)=C1NS(=O)(=O)c2ccccc21. The van der Waals surface area contributed by atoms with Crippen molar-refractivity contribution in [3.05, 3.63) is 64.7 Å². The Morgan fingerprint density at radius 2 is 1.85 bits per heavy atom. The number of nitrogens with one attached hydrogen (secondary N) is 2. The predicted octanol–water partition coefficient (Wildman–Crippen LogP) is 1.37. The number of benzene rings is 2. The van der Waals surface area contributed by atoms with Crippen LogP contribution in [0.3, 0.4) is 0 Å². The Bertz CT molecular complexity index is 1240. The highest BCUT2D eigenvalue weighted by Gasteiger charge is 2.34. The van der Waals surface area contributed by atoms with Crippen LogP contribution in [-0.2, 0) is 24.8 Å². The quantitative estimate of drug-likeness (QED) is 0.565. The summed E-state index contributed by atoms with van der Waals surface area (Å²) in [4.78, 5) is 12.0. The van der Waals surface area contributed by atoms with Crippen molar-refractivity contribution < 1.29 is 21.6 Å². The van der Waals surface area contributed by atoms with E-state index >= 15 is 0 Å². The molecule has 1 aliphatic heterocycles. The van der Waals surface area contributed by atoms with Gasteiger partial charge in [0, 0.05) is 10.6 Å². The summed E-state index contributed by atoms with van der Waals surface area (Å²) in [5.41, 5.74) is -0.870. The number of carbonyl (C=O) groups is 1. The molecule has 2 aromatic carbocycles. The summed E-state index contributed by atoms with van der Waals surface area (Å²) >= 11 is 5.75. The van der Waals surface area contributed by atoms with Crippen molar-refractivity contribution >= 4 is 43.3 Å². The number of fused-ring (bicyclic) bond motifs is 1. The average molecular weight is 424 g/mol. The largest absolute Gasteiger partial charge is 0.277 e. The molecule has 3 rings (SSSR count). The summed E-state index contributed by atoms with van der Waals surface area (Å²) in [6.07, 6.45) is 0. The van der Waals surface area contributed by atoms with Crippen LogP contribution in [0.2, 0.25) is 5.02 Å². The Morgan fingerprint density at radius 1 is 1.15 bits per heavy atom. The molecule has 2 N–H and O–H groups in total. The van der Waals surface area contributed by atoms with E-state index in [1.165, 1.54) is 42.5 Å². The van der Waals surface area contributed by atoms with Crippen LogP contribution in [0.5, 0.6) is 0 Å². The van der Waals surface area contributed by atoms with E-state index in [0.717, 1.165) is 6.07 Å². The molecule has 1 aliphatic rings. The van der Waals surface area contributed by atoms with Crippen LogP contribution < -0.4 is 9.44 Å². The van der Waals surface area contributed by atoms with Crippen molar-refractivity contribution in [2.45, 2.75) is 9.79 Å². The first-order valence-corrected chi connectivity index (χ1v) is 10.6. The number of nitriles is 1. The lowest BCUT2D eigenvalue weighted by atomic mass is 10.1. The molecule has 0 radical (unpaired) electrons. The van der Waals surface area contributed by atoms with Crippen LogP contribution in [0.25, 0.3) is 5.70 Å². The minimum absolute atomic E-state index is 0.101. The molecule has 27 heavy (non-hydrogen) atoms. The Balaban J connectivity index is 2.04. The van der Waals surface area contributed by atoms with Crippen LogP contribution in [-0.4, -0.2) is 22.7 Å². The minimum Gasteiger partial charge on any atom is -0.277 e. The van der Waals surface area contributed by atoms with Crippen LogP contribution >= 0.6 is 11.6 Å². The molecule has 2 aromatic rings. The molecule has 0 bridgehead atoms. The number of rotatable bonds is 3. The second-order valence-electron chi connectivity index (χ2n) is 5.36. The number of halogens is 1. The van der Waals surface area contributed by atoms with Gasteiger partial charge in [-0.2, -0.15) is 5.26 Å². The van der Waals surface area contributed by atoms with Crippen LogP contribution in [0.15, 0.2) is 63.9 Å². The summed E-state index contributed by atoms with van der Waals surface area (Å²) in [7, 11) is -8.27. The van der Waals surface area contributed by atoms with Gasteiger partial charge in [0.1, 0.15) is 11.6 Å². The van der Waals surface area contributed by atoms with E-state index in [1.807, 2.05) is 0 Å². The molecule has 0 spiro atoms. The van der Waals surface area contributed by atoms with Gasteiger partial charge in [-0.15, -0.1) is 0 Å². The summed E-state index contributed by atoms with van der Waals surface area (Å²) in [6.45, 7) is 0. The first kappa shape index (κ1) is 18.9. The number of sulfonamides is 2. The molecule has 0 fully saturated rings. The molecule has 0 unspecified atom stereocenters. The topological polar surface area (TPSA) is 133 Å². The second-order valence-corrected chi connectivity index (χ2v) is 9.13. The molecule has 11 heteroatoms. The van der Waals surface area contributed by atoms with Crippen molar-refractivity contribution in [3.8, 4) is 6.07 Å². The van der Waals surface area contributed by atoms with Crippen molar-refractivity contribution in [1.29, 1.82) is 5.26 Å². The van der Waals surface area contributed by atoms with E-state index in [2.05, 4.69) is 4.72 Å². The highest BCUT2D eigenvalue weighted by Crippen LogP contribution is 2.31. The van der Waals surface area contributed by atoms with Crippen LogP contribution in [0.1, 0.15) is 5.56 Å². The van der Waals surface area contributed by atoms with Gasteiger partial charge in [0.2, 0.25) is 0 Å². The monoisotopic (exact) mass is 423 g/mol. The fourth-order valence-electron chi connectivity index (χ4n) is 2.42.